The number of aryl methyl sites for hydroxylation is 1. The van der Waals surface area contributed by atoms with Crippen molar-refractivity contribution >= 4 is 0 Å². The Bertz CT molecular complexity index is 586. The monoisotopic (exact) mass is 313 g/mol. The van der Waals surface area contributed by atoms with Crippen molar-refractivity contribution < 1.29 is 0 Å². The average molecular weight is 313 g/mol. The minimum atomic E-state index is 0.375. The quantitative estimate of drug-likeness (QED) is 0.854. The Hall–Kier alpha value is -1.69. The number of H-pyrrole nitrogens is 1. The molecule has 23 heavy (non-hydrogen) atoms. The van der Waals surface area contributed by atoms with Gasteiger partial charge in [0, 0.05) is 45.5 Å². The van der Waals surface area contributed by atoms with Gasteiger partial charge in [0.25, 0.3) is 0 Å². The van der Waals surface area contributed by atoms with Crippen LogP contribution in [0.5, 0.6) is 0 Å². The van der Waals surface area contributed by atoms with E-state index in [1.54, 1.807) is 0 Å². The first-order chi connectivity index (χ1) is 11.3. The van der Waals surface area contributed by atoms with Crippen LogP contribution in [0, 0.1) is 6.92 Å². The lowest BCUT2D eigenvalue weighted by Gasteiger charge is -2.39. The van der Waals surface area contributed by atoms with E-state index in [1.807, 2.05) is 20.2 Å². The van der Waals surface area contributed by atoms with Crippen LogP contribution in [0.15, 0.2) is 36.5 Å². The van der Waals surface area contributed by atoms with Crippen molar-refractivity contribution in [3.8, 4) is 0 Å². The molecule has 1 aromatic carbocycles. The SMILES string of the molecule is CNCC(c1cnc(C)[nH]1)N1CCN(Cc2ccccc2)CC1. The molecule has 0 radical (unpaired) electrons. The number of piperazine rings is 1. The van der Waals surface area contributed by atoms with Crippen LogP contribution in [0.25, 0.3) is 0 Å². The molecule has 0 aliphatic carbocycles. The van der Waals surface area contributed by atoms with Gasteiger partial charge in [0.05, 0.1) is 11.7 Å². The molecule has 0 spiro atoms. The maximum atomic E-state index is 4.36. The van der Waals surface area contributed by atoms with Crippen molar-refractivity contribution in [1.82, 2.24) is 25.1 Å². The molecule has 3 rings (SSSR count). The molecule has 2 N–H and O–H groups in total. The minimum Gasteiger partial charge on any atom is -0.345 e. The van der Waals surface area contributed by atoms with E-state index in [2.05, 4.69) is 55.4 Å². The van der Waals surface area contributed by atoms with Gasteiger partial charge in [0.2, 0.25) is 0 Å². The Kier molecular flexibility index (Phi) is 5.43. The third-order valence-electron chi connectivity index (χ3n) is 4.58. The second-order valence-electron chi connectivity index (χ2n) is 6.30. The highest BCUT2D eigenvalue weighted by Gasteiger charge is 2.25. The summed E-state index contributed by atoms with van der Waals surface area (Å²) in [5.74, 6) is 0.990. The molecule has 1 atom stereocenters. The molecule has 0 saturated carbocycles. The van der Waals surface area contributed by atoms with Crippen LogP contribution >= 0.6 is 0 Å². The summed E-state index contributed by atoms with van der Waals surface area (Å²) >= 11 is 0. The van der Waals surface area contributed by atoms with Gasteiger partial charge < -0.3 is 10.3 Å². The number of aromatic amines is 1. The standard InChI is InChI=1S/C18H27N5/c1-15-20-12-17(21-15)18(13-19-2)23-10-8-22(9-11-23)14-16-6-4-3-5-7-16/h3-7,12,18-19H,8-11,13-14H2,1-2H3,(H,20,21). The minimum absolute atomic E-state index is 0.375. The fraction of sp³-hybridized carbons (Fsp3) is 0.500. The molecule has 0 bridgehead atoms. The summed E-state index contributed by atoms with van der Waals surface area (Å²) < 4.78 is 0. The molecular formula is C18H27N5. The van der Waals surface area contributed by atoms with E-state index in [9.17, 15) is 0 Å². The first-order valence-corrected chi connectivity index (χ1v) is 8.42. The first-order valence-electron chi connectivity index (χ1n) is 8.42. The summed E-state index contributed by atoms with van der Waals surface area (Å²) in [4.78, 5) is 12.9. The molecule has 0 amide bonds. The van der Waals surface area contributed by atoms with Crippen LogP contribution in [-0.4, -0.2) is 59.5 Å². The first kappa shape index (κ1) is 16.2. The maximum absolute atomic E-state index is 4.36. The predicted octanol–water partition coefficient (Wildman–Crippen LogP) is 1.80. The molecule has 1 saturated heterocycles. The second kappa shape index (κ2) is 7.73. The molecule has 1 aliphatic rings. The van der Waals surface area contributed by atoms with Gasteiger partial charge in [-0.2, -0.15) is 0 Å². The fourth-order valence-corrected chi connectivity index (χ4v) is 3.31. The molecule has 1 unspecified atom stereocenters. The number of nitrogens with zero attached hydrogens (tertiary/aromatic N) is 3. The zero-order valence-electron chi connectivity index (χ0n) is 14.1. The fourth-order valence-electron chi connectivity index (χ4n) is 3.31. The lowest BCUT2D eigenvalue weighted by Crippen LogP contribution is -2.48. The van der Waals surface area contributed by atoms with Gasteiger partial charge >= 0.3 is 0 Å². The lowest BCUT2D eigenvalue weighted by molar-refractivity contribution is 0.0901. The normalized spacial score (nSPS) is 18.2. The number of aromatic nitrogens is 2. The molecule has 5 nitrogen and oxygen atoms in total. The highest BCUT2D eigenvalue weighted by atomic mass is 15.3. The molecule has 1 aromatic heterocycles. The highest BCUT2D eigenvalue weighted by Crippen LogP contribution is 2.21. The highest BCUT2D eigenvalue weighted by molar-refractivity contribution is 5.14. The number of nitrogens with one attached hydrogen (secondary N) is 2. The molecule has 1 fully saturated rings. The lowest BCUT2D eigenvalue weighted by atomic mass is 10.1. The van der Waals surface area contributed by atoms with E-state index in [1.165, 1.54) is 11.3 Å². The van der Waals surface area contributed by atoms with Gasteiger partial charge in [-0.15, -0.1) is 0 Å². The summed E-state index contributed by atoms with van der Waals surface area (Å²) in [6.45, 7) is 8.42. The predicted molar refractivity (Wildman–Crippen MR) is 93.3 cm³/mol. The largest absolute Gasteiger partial charge is 0.345 e. The molecule has 2 aromatic rings. The van der Waals surface area contributed by atoms with Crippen LogP contribution in [0.2, 0.25) is 0 Å². The van der Waals surface area contributed by atoms with Gasteiger partial charge in [0.15, 0.2) is 0 Å². The van der Waals surface area contributed by atoms with Crippen molar-refractivity contribution in [3.63, 3.8) is 0 Å². The number of rotatable bonds is 6. The Balaban J connectivity index is 1.58. The van der Waals surface area contributed by atoms with Crippen LogP contribution in [-0.2, 0) is 6.54 Å². The smallest absolute Gasteiger partial charge is 0.103 e. The summed E-state index contributed by atoms with van der Waals surface area (Å²) in [6.07, 6.45) is 1.98. The summed E-state index contributed by atoms with van der Waals surface area (Å²) in [5.41, 5.74) is 2.62. The van der Waals surface area contributed by atoms with Crippen molar-refractivity contribution in [2.24, 2.45) is 0 Å². The van der Waals surface area contributed by atoms with Crippen molar-refractivity contribution in [3.05, 3.63) is 53.6 Å². The van der Waals surface area contributed by atoms with E-state index in [4.69, 9.17) is 0 Å². The molecular weight excluding hydrogens is 286 g/mol. The van der Waals surface area contributed by atoms with Crippen LogP contribution in [0.1, 0.15) is 23.1 Å². The number of hydrogen-bond acceptors (Lipinski definition) is 4. The number of hydrogen-bond donors (Lipinski definition) is 2. The van der Waals surface area contributed by atoms with Gasteiger partial charge in [-0.05, 0) is 19.5 Å². The van der Waals surface area contributed by atoms with Gasteiger partial charge in [-0.3, -0.25) is 9.80 Å². The molecule has 1 aliphatic heterocycles. The maximum Gasteiger partial charge on any atom is 0.103 e. The molecule has 124 valence electrons. The van der Waals surface area contributed by atoms with Gasteiger partial charge in [0.1, 0.15) is 5.82 Å². The van der Waals surface area contributed by atoms with E-state index in [-0.39, 0.29) is 0 Å². The topological polar surface area (TPSA) is 47.2 Å². The third kappa shape index (κ3) is 4.19. The molecule has 2 heterocycles. The van der Waals surface area contributed by atoms with E-state index in [0.29, 0.717) is 6.04 Å². The molecule has 5 heteroatoms. The summed E-state index contributed by atoms with van der Waals surface area (Å²) in [5, 5.41) is 3.32. The zero-order valence-corrected chi connectivity index (χ0v) is 14.1. The van der Waals surface area contributed by atoms with Crippen molar-refractivity contribution in [2.75, 3.05) is 39.8 Å². The number of likely N-dealkylation sites (N-methyl/N-ethyl adjacent to an activating group) is 1. The average Bonchev–Trinajstić information content (AvgIpc) is 3.01. The number of benzene rings is 1. The van der Waals surface area contributed by atoms with Crippen LogP contribution in [0.4, 0.5) is 0 Å². The Morgan fingerprint density at radius 1 is 1.17 bits per heavy atom. The Morgan fingerprint density at radius 3 is 2.52 bits per heavy atom. The van der Waals surface area contributed by atoms with E-state index < -0.39 is 0 Å². The van der Waals surface area contributed by atoms with Crippen LogP contribution < -0.4 is 5.32 Å². The zero-order chi connectivity index (χ0) is 16.1. The van der Waals surface area contributed by atoms with Gasteiger partial charge in [-0.25, -0.2) is 4.98 Å². The van der Waals surface area contributed by atoms with Crippen molar-refractivity contribution in [1.29, 1.82) is 0 Å². The summed E-state index contributed by atoms with van der Waals surface area (Å²) in [6, 6.07) is 11.1. The third-order valence-corrected chi connectivity index (χ3v) is 4.58. The van der Waals surface area contributed by atoms with Gasteiger partial charge in [-0.1, -0.05) is 30.3 Å². The summed E-state index contributed by atoms with van der Waals surface area (Å²) in [7, 11) is 2.02. The number of imidazole rings is 1. The Morgan fingerprint density at radius 2 is 1.91 bits per heavy atom. The van der Waals surface area contributed by atoms with E-state index >= 15 is 0 Å². The van der Waals surface area contributed by atoms with Crippen molar-refractivity contribution in [2.45, 2.75) is 19.5 Å². The van der Waals surface area contributed by atoms with E-state index in [0.717, 1.165) is 45.1 Å². The second-order valence-corrected chi connectivity index (χ2v) is 6.30. The Labute approximate surface area is 138 Å². The van der Waals surface area contributed by atoms with Crippen LogP contribution in [0.3, 0.4) is 0 Å².